The van der Waals surface area contributed by atoms with Gasteiger partial charge in [-0.1, -0.05) is 60.1 Å². The van der Waals surface area contributed by atoms with Crippen molar-refractivity contribution in [3.63, 3.8) is 0 Å². The number of para-hydroxylation sites is 1. The Labute approximate surface area is 214 Å². The van der Waals surface area contributed by atoms with Crippen molar-refractivity contribution in [1.29, 1.82) is 0 Å². The molecule has 0 atom stereocenters. The van der Waals surface area contributed by atoms with Gasteiger partial charge in [0.15, 0.2) is 17.2 Å². The molecule has 0 saturated carbocycles. The maximum absolute atomic E-state index is 6.09. The summed E-state index contributed by atoms with van der Waals surface area (Å²) in [6, 6.07) is 33.0. The fraction of sp³-hybridized carbons (Fsp3) is 0.0741. The normalized spacial score (nSPS) is 10.5. The summed E-state index contributed by atoms with van der Waals surface area (Å²) >= 11 is 6.09. The Hall–Kier alpha value is -3.87. The van der Waals surface area contributed by atoms with Gasteiger partial charge in [0.05, 0.1) is 17.8 Å². The van der Waals surface area contributed by atoms with Crippen molar-refractivity contribution in [3.05, 3.63) is 114 Å². The predicted molar refractivity (Wildman–Crippen MR) is 131 cm³/mol. The van der Waals surface area contributed by atoms with E-state index in [-0.39, 0.29) is 12.4 Å². The average Bonchev–Trinajstić information content (AvgIpc) is 3.34. The summed E-state index contributed by atoms with van der Waals surface area (Å²) in [6.07, 6.45) is 0. The molecule has 0 aliphatic heterocycles. The van der Waals surface area contributed by atoms with Crippen LogP contribution in [0.5, 0.6) is 11.5 Å². The maximum Gasteiger partial charge on any atom is 0.340 e. The highest BCUT2D eigenvalue weighted by Gasteiger charge is 2.24. The highest BCUT2D eigenvalue weighted by molar-refractivity contribution is 6.30. The molecule has 5 rings (SSSR count). The van der Waals surface area contributed by atoms with E-state index in [1.165, 1.54) is 0 Å². The molecule has 5 aromatic rings. The van der Waals surface area contributed by atoms with Crippen LogP contribution in [0.15, 0.2) is 103 Å². The van der Waals surface area contributed by atoms with Crippen molar-refractivity contribution < 1.29 is 26.7 Å². The Kier molecular flexibility index (Phi) is 7.65. The molecule has 0 aliphatic carbocycles. The van der Waals surface area contributed by atoms with Crippen LogP contribution in [0, 0.1) is 0 Å². The molecule has 0 radical (unpaired) electrons. The summed E-state index contributed by atoms with van der Waals surface area (Å²) in [4.78, 5) is 3.50. The summed E-state index contributed by atoms with van der Waals surface area (Å²) in [6.45, 7) is 0.452. The summed E-state index contributed by atoms with van der Waals surface area (Å²) in [5.74, 6) is 1.82. The average molecular weight is 505 g/mol. The van der Waals surface area contributed by atoms with Crippen LogP contribution in [-0.4, -0.2) is 22.1 Å². The molecule has 0 bridgehead atoms. The zero-order chi connectivity index (χ0) is 23.3. The van der Waals surface area contributed by atoms with Crippen LogP contribution >= 0.6 is 11.6 Å². The highest BCUT2D eigenvalue weighted by Crippen LogP contribution is 2.32. The van der Waals surface area contributed by atoms with E-state index < -0.39 is 0 Å². The Bertz CT molecular complexity index is 1390. The maximum atomic E-state index is 6.09. The van der Waals surface area contributed by atoms with Crippen molar-refractivity contribution >= 4 is 11.6 Å². The summed E-state index contributed by atoms with van der Waals surface area (Å²) in [5.41, 5.74) is 3.61. The molecule has 0 fully saturated rings. The smallest absolute Gasteiger partial charge is 0.340 e. The first-order valence-corrected chi connectivity index (χ1v) is 11.2. The number of ether oxygens (including phenoxy) is 2. The van der Waals surface area contributed by atoms with Gasteiger partial charge < -0.3 is 21.9 Å². The zero-order valence-electron chi connectivity index (χ0n) is 18.9. The van der Waals surface area contributed by atoms with Crippen molar-refractivity contribution in [1.82, 2.24) is 15.0 Å². The van der Waals surface area contributed by atoms with Crippen LogP contribution in [0.4, 0.5) is 0 Å². The minimum atomic E-state index is 0. The first-order chi connectivity index (χ1) is 16.7. The SMILES string of the molecule is COc1cc(-c2nn(-c3ccccc3)[n+](-c3ccc(Cl)cc3)n2)ccc1OCc1ccccc1.[Cl-]. The second-order valence-electron chi connectivity index (χ2n) is 7.55. The van der Waals surface area contributed by atoms with Gasteiger partial charge in [0.1, 0.15) is 12.3 Å². The van der Waals surface area contributed by atoms with Crippen LogP contribution in [-0.2, 0) is 6.61 Å². The van der Waals surface area contributed by atoms with Crippen LogP contribution in [0.2, 0.25) is 5.02 Å². The molecule has 176 valence electrons. The van der Waals surface area contributed by atoms with Gasteiger partial charge in [0, 0.05) is 9.82 Å². The number of benzene rings is 4. The second-order valence-corrected chi connectivity index (χ2v) is 7.99. The van der Waals surface area contributed by atoms with E-state index in [1.54, 1.807) is 16.7 Å². The number of rotatable bonds is 7. The molecule has 1 heterocycles. The molecule has 0 spiro atoms. The Morgan fingerprint density at radius 1 is 0.829 bits per heavy atom. The molecule has 4 aromatic carbocycles. The molecule has 0 saturated heterocycles. The van der Waals surface area contributed by atoms with Crippen LogP contribution < -0.4 is 26.7 Å². The van der Waals surface area contributed by atoms with Gasteiger partial charge in [-0.25, -0.2) is 0 Å². The summed E-state index contributed by atoms with van der Waals surface area (Å²) in [5, 5.41) is 10.2. The topological polar surface area (TPSA) is 53.0 Å². The number of hydrogen-bond donors (Lipinski definition) is 0. The number of tetrazole rings is 1. The van der Waals surface area contributed by atoms with Gasteiger partial charge in [-0.2, -0.15) is 0 Å². The van der Waals surface area contributed by atoms with E-state index in [4.69, 9.17) is 31.3 Å². The lowest BCUT2D eigenvalue weighted by Crippen LogP contribution is -3.00. The van der Waals surface area contributed by atoms with E-state index >= 15 is 0 Å². The molecule has 35 heavy (non-hydrogen) atoms. The van der Waals surface area contributed by atoms with E-state index in [0.29, 0.717) is 29.0 Å². The van der Waals surface area contributed by atoms with Gasteiger partial charge in [0.25, 0.3) is 0 Å². The van der Waals surface area contributed by atoms with Crippen LogP contribution in [0.25, 0.3) is 22.8 Å². The van der Waals surface area contributed by atoms with Crippen molar-refractivity contribution in [2.45, 2.75) is 6.61 Å². The molecule has 6 nitrogen and oxygen atoms in total. The molecule has 0 aliphatic rings. The number of nitrogens with zero attached hydrogens (tertiary/aromatic N) is 4. The minimum absolute atomic E-state index is 0. The third kappa shape index (κ3) is 5.45. The van der Waals surface area contributed by atoms with Crippen LogP contribution in [0.3, 0.4) is 0 Å². The molecule has 1 aromatic heterocycles. The van der Waals surface area contributed by atoms with Gasteiger partial charge >= 0.3 is 5.82 Å². The standard InChI is InChI=1S/C27H22ClN4O2.ClH/c1-33-26-18-21(12-17-25(26)34-19-20-8-4-2-5-9-20)27-29-31(23-10-6-3-7-11-23)32(30-27)24-15-13-22(28)14-16-24;/h2-18H,19H2,1H3;1H/q+1;/p-1. The highest BCUT2D eigenvalue weighted by atomic mass is 35.5. The Morgan fingerprint density at radius 3 is 2.20 bits per heavy atom. The quantitative estimate of drug-likeness (QED) is 0.319. The number of aromatic nitrogens is 4. The third-order valence-corrected chi connectivity index (χ3v) is 5.51. The lowest BCUT2D eigenvalue weighted by atomic mass is 10.2. The summed E-state index contributed by atoms with van der Waals surface area (Å²) in [7, 11) is 1.62. The predicted octanol–water partition coefficient (Wildman–Crippen LogP) is 2.46. The summed E-state index contributed by atoms with van der Waals surface area (Å²) < 4.78 is 11.6. The molecule has 0 N–H and O–H groups in total. The number of hydrogen-bond acceptors (Lipinski definition) is 4. The fourth-order valence-corrected chi connectivity index (χ4v) is 3.66. The molecular formula is C27H22Cl2N4O2. The number of halogens is 2. The van der Waals surface area contributed by atoms with Gasteiger partial charge in [-0.05, 0) is 70.1 Å². The number of methoxy groups -OCH3 is 1. The first kappa shape index (κ1) is 24.3. The molecule has 8 heteroatoms. The van der Waals surface area contributed by atoms with Gasteiger partial charge in [0.2, 0.25) is 0 Å². The van der Waals surface area contributed by atoms with Gasteiger partial charge in [-0.3, -0.25) is 0 Å². The van der Waals surface area contributed by atoms with E-state index in [1.807, 2.05) is 103 Å². The largest absolute Gasteiger partial charge is 1.00 e. The molecular weight excluding hydrogens is 483 g/mol. The van der Waals surface area contributed by atoms with Crippen molar-refractivity contribution in [3.8, 4) is 34.3 Å². The van der Waals surface area contributed by atoms with Gasteiger partial charge in [-0.15, -0.1) is 0 Å². The van der Waals surface area contributed by atoms with Crippen molar-refractivity contribution in [2.24, 2.45) is 0 Å². The van der Waals surface area contributed by atoms with E-state index in [2.05, 4.69) is 0 Å². The molecule has 0 amide bonds. The lowest BCUT2D eigenvalue weighted by Gasteiger charge is -2.11. The first-order valence-electron chi connectivity index (χ1n) is 10.8. The fourth-order valence-electron chi connectivity index (χ4n) is 3.53. The third-order valence-electron chi connectivity index (χ3n) is 5.26. The van der Waals surface area contributed by atoms with Crippen LogP contribution in [0.1, 0.15) is 5.56 Å². The Morgan fingerprint density at radius 2 is 1.51 bits per heavy atom. The van der Waals surface area contributed by atoms with E-state index in [0.717, 1.165) is 22.5 Å². The minimum Gasteiger partial charge on any atom is -1.00 e. The monoisotopic (exact) mass is 504 g/mol. The lowest BCUT2D eigenvalue weighted by molar-refractivity contribution is -0.734. The Balaban J connectivity index is 0.00000289. The molecule has 0 unspecified atom stereocenters. The second kappa shape index (κ2) is 11.0. The van der Waals surface area contributed by atoms with E-state index in [9.17, 15) is 0 Å². The van der Waals surface area contributed by atoms with Crippen molar-refractivity contribution in [2.75, 3.05) is 7.11 Å². The zero-order valence-corrected chi connectivity index (χ0v) is 20.4.